The molecule has 9 rings (SSSR count). The van der Waals surface area contributed by atoms with E-state index in [-0.39, 0.29) is 5.41 Å². The second-order valence-corrected chi connectivity index (χ2v) is 13.6. The van der Waals surface area contributed by atoms with E-state index >= 15 is 0 Å². The molecule has 8 aromatic carbocycles. The standard InChI is InChI=1S/C40H30.C8H9N/c1-40(2,29-12-4-3-5-13-29)30-21-19-26-23-28-11-10-18-31(39(28)37(26)25-30)27-20-22-36-34-16-7-6-14-32(34)33-15-8-9-17-35(33)38(36)24-27;1-9-7-8-5-3-2-4-6-8/h3-22,24-25H,23H2,1-2H3;2-6H,1,7H2. The molecule has 0 fully saturated rings. The highest BCUT2D eigenvalue weighted by Crippen LogP contribution is 2.46. The Balaban J connectivity index is 0.000000339. The van der Waals surface area contributed by atoms with Crippen molar-refractivity contribution in [3.63, 3.8) is 0 Å². The van der Waals surface area contributed by atoms with Crippen molar-refractivity contribution in [3.05, 3.63) is 192 Å². The number of rotatable bonds is 5. The third-order valence-corrected chi connectivity index (χ3v) is 10.3. The van der Waals surface area contributed by atoms with Crippen molar-refractivity contribution in [2.75, 3.05) is 0 Å². The average Bonchev–Trinajstić information content (AvgIpc) is 3.54. The predicted molar refractivity (Wildman–Crippen MR) is 211 cm³/mol. The lowest BCUT2D eigenvalue weighted by Crippen LogP contribution is -2.18. The fourth-order valence-corrected chi connectivity index (χ4v) is 7.67. The molecule has 0 saturated heterocycles. The van der Waals surface area contributed by atoms with Crippen LogP contribution in [0.15, 0.2) is 169 Å². The molecule has 49 heavy (non-hydrogen) atoms. The van der Waals surface area contributed by atoms with E-state index in [1.54, 1.807) is 0 Å². The van der Waals surface area contributed by atoms with Crippen LogP contribution >= 0.6 is 0 Å². The molecule has 0 atom stereocenters. The normalized spacial score (nSPS) is 12.0. The van der Waals surface area contributed by atoms with Gasteiger partial charge >= 0.3 is 0 Å². The Bertz CT molecular complexity index is 2440. The Hall–Kier alpha value is -5.79. The lowest BCUT2D eigenvalue weighted by Gasteiger charge is -2.27. The van der Waals surface area contributed by atoms with E-state index in [1.165, 1.54) is 82.4 Å². The Kier molecular flexibility index (Phi) is 7.90. The van der Waals surface area contributed by atoms with Gasteiger partial charge in [-0.25, -0.2) is 0 Å². The second-order valence-electron chi connectivity index (χ2n) is 13.6. The van der Waals surface area contributed by atoms with Crippen LogP contribution in [0.25, 0.3) is 54.6 Å². The zero-order chi connectivity index (χ0) is 33.4. The van der Waals surface area contributed by atoms with E-state index in [1.807, 2.05) is 30.3 Å². The van der Waals surface area contributed by atoms with Crippen LogP contribution in [0, 0.1) is 0 Å². The molecule has 0 aliphatic heterocycles. The first kappa shape index (κ1) is 30.5. The third-order valence-electron chi connectivity index (χ3n) is 10.3. The van der Waals surface area contributed by atoms with Crippen LogP contribution in [0.1, 0.15) is 41.7 Å². The van der Waals surface area contributed by atoms with Crippen LogP contribution in [0.4, 0.5) is 0 Å². The highest BCUT2D eigenvalue weighted by atomic mass is 14.7. The van der Waals surface area contributed by atoms with E-state index in [0.717, 1.165) is 13.0 Å². The Morgan fingerprint density at radius 3 is 1.73 bits per heavy atom. The molecular weight excluding hydrogens is 591 g/mol. The molecule has 1 aliphatic rings. The molecule has 0 unspecified atom stereocenters. The summed E-state index contributed by atoms with van der Waals surface area (Å²) in [4.78, 5) is 3.76. The number of benzene rings is 8. The summed E-state index contributed by atoms with van der Waals surface area (Å²) in [5.41, 5.74) is 12.1. The van der Waals surface area contributed by atoms with E-state index in [4.69, 9.17) is 0 Å². The average molecular weight is 630 g/mol. The van der Waals surface area contributed by atoms with Gasteiger partial charge in [-0.2, -0.15) is 0 Å². The topological polar surface area (TPSA) is 12.4 Å². The van der Waals surface area contributed by atoms with Crippen molar-refractivity contribution >= 4 is 39.0 Å². The number of nitrogens with zero attached hydrogens (tertiary/aromatic N) is 1. The summed E-state index contributed by atoms with van der Waals surface area (Å²) < 4.78 is 0. The molecule has 0 spiro atoms. The SMILES string of the molecule is C=NCc1ccccc1.CC(C)(c1ccccc1)c1ccc2c(c1)-c1c(cccc1-c1ccc3c4ccccc4c4ccccc4c3c1)C2. The first-order chi connectivity index (χ1) is 24.0. The maximum Gasteiger partial charge on any atom is 0.0632 e. The van der Waals surface area contributed by atoms with Gasteiger partial charge in [-0.1, -0.05) is 166 Å². The summed E-state index contributed by atoms with van der Waals surface area (Å²) in [6.07, 6.45) is 0.992. The van der Waals surface area contributed by atoms with Gasteiger partial charge in [-0.3, -0.25) is 4.99 Å². The lowest BCUT2D eigenvalue weighted by atomic mass is 9.77. The van der Waals surface area contributed by atoms with Gasteiger partial charge in [-0.15, -0.1) is 0 Å². The molecule has 0 aromatic heterocycles. The van der Waals surface area contributed by atoms with Crippen LogP contribution < -0.4 is 0 Å². The number of hydrogen-bond acceptors (Lipinski definition) is 1. The summed E-state index contributed by atoms with van der Waals surface area (Å²) >= 11 is 0. The molecule has 1 nitrogen and oxygen atoms in total. The Labute approximate surface area is 289 Å². The van der Waals surface area contributed by atoms with E-state index in [0.29, 0.717) is 0 Å². The van der Waals surface area contributed by atoms with E-state index in [9.17, 15) is 0 Å². The van der Waals surface area contributed by atoms with Crippen molar-refractivity contribution in [1.82, 2.24) is 0 Å². The van der Waals surface area contributed by atoms with Gasteiger partial charge < -0.3 is 0 Å². The number of fused-ring (bicyclic) bond motifs is 9. The van der Waals surface area contributed by atoms with Gasteiger partial charge in [0.2, 0.25) is 0 Å². The van der Waals surface area contributed by atoms with Gasteiger partial charge in [0.1, 0.15) is 0 Å². The largest absolute Gasteiger partial charge is 0.296 e. The van der Waals surface area contributed by atoms with Crippen molar-refractivity contribution in [2.45, 2.75) is 32.2 Å². The molecular formula is C48H39N. The summed E-state index contributed by atoms with van der Waals surface area (Å²) in [5.74, 6) is 0. The molecule has 0 amide bonds. The van der Waals surface area contributed by atoms with Crippen LogP contribution in [-0.4, -0.2) is 6.72 Å². The number of aliphatic imine (C=N–C) groups is 1. The van der Waals surface area contributed by atoms with Crippen LogP contribution in [0.3, 0.4) is 0 Å². The van der Waals surface area contributed by atoms with Crippen LogP contribution in [-0.2, 0) is 18.4 Å². The Morgan fingerprint density at radius 2 is 1.08 bits per heavy atom. The maximum atomic E-state index is 3.76. The highest BCUT2D eigenvalue weighted by Gasteiger charge is 2.28. The monoisotopic (exact) mass is 629 g/mol. The predicted octanol–water partition coefficient (Wildman–Crippen LogP) is 12.6. The zero-order valence-electron chi connectivity index (χ0n) is 28.2. The number of hydrogen-bond donors (Lipinski definition) is 0. The molecule has 1 aliphatic carbocycles. The summed E-state index contributed by atoms with van der Waals surface area (Å²) in [5, 5.41) is 7.91. The second kappa shape index (κ2) is 12.7. The molecule has 8 aromatic rings. The van der Waals surface area contributed by atoms with Crippen molar-refractivity contribution < 1.29 is 0 Å². The maximum absolute atomic E-state index is 3.76. The van der Waals surface area contributed by atoms with Gasteiger partial charge in [0.05, 0.1) is 6.54 Å². The summed E-state index contributed by atoms with van der Waals surface area (Å²) in [6, 6.07) is 59.7. The molecule has 236 valence electrons. The summed E-state index contributed by atoms with van der Waals surface area (Å²) in [6.45, 7) is 8.80. The minimum Gasteiger partial charge on any atom is -0.296 e. The zero-order valence-corrected chi connectivity index (χ0v) is 28.2. The highest BCUT2D eigenvalue weighted by molar-refractivity contribution is 6.25. The minimum absolute atomic E-state index is 0.0725. The third kappa shape index (κ3) is 5.52. The van der Waals surface area contributed by atoms with Gasteiger partial charge in [-0.05, 0) is 108 Å². The van der Waals surface area contributed by atoms with E-state index in [2.05, 4.69) is 159 Å². The van der Waals surface area contributed by atoms with Crippen LogP contribution in [0.5, 0.6) is 0 Å². The van der Waals surface area contributed by atoms with E-state index < -0.39 is 0 Å². The quantitative estimate of drug-likeness (QED) is 0.133. The Morgan fingerprint density at radius 1 is 0.490 bits per heavy atom. The van der Waals surface area contributed by atoms with Crippen molar-refractivity contribution in [2.24, 2.45) is 4.99 Å². The molecule has 0 heterocycles. The first-order valence-electron chi connectivity index (χ1n) is 17.1. The summed E-state index contributed by atoms with van der Waals surface area (Å²) in [7, 11) is 0. The minimum atomic E-state index is -0.0725. The molecule has 0 radical (unpaired) electrons. The smallest absolute Gasteiger partial charge is 0.0632 e. The molecule has 0 bridgehead atoms. The van der Waals surface area contributed by atoms with Crippen LogP contribution in [0.2, 0.25) is 0 Å². The van der Waals surface area contributed by atoms with Gasteiger partial charge in [0, 0.05) is 5.41 Å². The lowest BCUT2D eigenvalue weighted by molar-refractivity contribution is 0.641. The van der Waals surface area contributed by atoms with Gasteiger partial charge in [0.15, 0.2) is 0 Å². The fraction of sp³-hybridized carbons (Fsp3) is 0.104. The molecule has 0 saturated carbocycles. The fourth-order valence-electron chi connectivity index (χ4n) is 7.67. The van der Waals surface area contributed by atoms with Crippen molar-refractivity contribution in [1.29, 1.82) is 0 Å². The van der Waals surface area contributed by atoms with Gasteiger partial charge in [0.25, 0.3) is 0 Å². The first-order valence-corrected chi connectivity index (χ1v) is 17.1. The molecule has 1 heteroatoms. The van der Waals surface area contributed by atoms with Crippen molar-refractivity contribution in [3.8, 4) is 22.3 Å². The molecule has 0 N–H and O–H groups in total.